The van der Waals surface area contributed by atoms with Crippen molar-refractivity contribution in [3.05, 3.63) is 0 Å². The Balaban J connectivity index is 3.99. The van der Waals surface area contributed by atoms with Crippen LogP contribution in [0.25, 0.3) is 0 Å². The Morgan fingerprint density at radius 3 is 2.00 bits per heavy atom. The van der Waals surface area contributed by atoms with Crippen molar-refractivity contribution in [3.8, 4) is 24.7 Å². The molecule has 0 aromatic rings. The number of halogens is 2. The van der Waals surface area contributed by atoms with Crippen LogP contribution in [0.3, 0.4) is 0 Å². The van der Waals surface area contributed by atoms with Crippen LogP contribution in [-0.4, -0.2) is 4.84 Å². The van der Waals surface area contributed by atoms with Crippen molar-refractivity contribution < 1.29 is 0 Å². The molecule has 16 heavy (non-hydrogen) atoms. The van der Waals surface area contributed by atoms with E-state index in [-0.39, 0.29) is 10.8 Å². The maximum Gasteiger partial charge on any atom is 0.107 e. The maximum absolute atomic E-state index is 5.69. The highest BCUT2D eigenvalue weighted by Gasteiger charge is 2.13. The molecule has 0 aliphatic carbocycles. The van der Waals surface area contributed by atoms with E-state index in [0.717, 1.165) is 25.7 Å². The van der Waals surface area contributed by atoms with Crippen molar-refractivity contribution in [1.29, 1.82) is 0 Å². The van der Waals surface area contributed by atoms with Gasteiger partial charge in [-0.05, 0) is 25.7 Å². The molecular weight excluding hydrogens is 239 g/mol. The predicted octanol–water partition coefficient (Wildman–Crippen LogP) is 4.65. The quantitative estimate of drug-likeness (QED) is 0.439. The first-order chi connectivity index (χ1) is 7.63. The first-order valence-corrected chi connectivity index (χ1v) is 6.71. The third kappa shape index (κ3) is 7.92. The highest BCUT2D eigenvalue weighted by Crippen LogP contribution is 2.23. The van der Waals surface area contributed by atoms with Gasteiger partial charge in [0.05, 0.1) is 0 Å². The first kappa shape index (κ1) is 15.7. The lowest BCUT2D eigenvalue weighted by molar-refractivity contribution is 0.443. The molecule has 0 aromatic heterocycles. The van der Waals surface area contributed by atoms with Gasteiger partial charge in [-0.2, -0.15) is 0 Å². The molecule has 0 saturated carbocycles. The van der Waals surface area contributed by atoms with Crippen molar-refractivity contribution in [1.82, 2.24) is 0 Å². The Hall–Kier alpha value is -0.300. The monoisotopic (exact) mass is 258 g/mol. The molecule has 0 radical (unpaired) electrons. The summed E-state index contributed by atoms with van der Waals surface area (Å²) in [7, 11) is 0. The summed E-state index contributed by atoms with van der Waals surface area (Å²) < 4.78 is 0. The smallest absolute Gasteiger partial charge is 0.107 e. The number of hydrogen-bond acceptors (Lipinski definition) is 0. The third-order valence-electron chi connectivity index (χ3n) is 2.68. The van der Waals surface area contributed by atoms with Crippen LogP contribution in [0.2, 0.25) is 0 Å². The van der Waals surface area contributed by atoms with E-state index in [2.05, 4.69) is 18.8 Å². The highest BCUT2D eigenvalue weighted by molar-refractivity contribution is 6.44. The van der Waals surface area contributed by atoms with Crippen LogP contribution in [0.1, 0.15) is 45.4 Å². The SMILES string of the molecule is C#CC(CCCC)CC(C#C)CCC(Cl)Cl. The zero-order chi connectivity index (χ0) is 12.4. The summed E-state index contributed by atoms with van der Waals surface area (Å²) >= 11 is 11.4. The lowest BCUT2D eigenvalue weighted by atomic mass is 9.89. The molecule has 0 aromatic carbocycles. The molecule has 0 fully saturated rings. The molecule has 0 spiro atoms. The van der Waals surface area contributed by atoms with Gasteiger partial charge in [-0.25, -0.2) is 0 Å². The first-order valence-electron chi connectivity index (χ1n) is 5.84. The summed E-state index contributed by atoms with van der Waals surface area (Å²) in [5.74, 6) is 6.12. The standard InChI is InChI=1S/C14H20Cl2/c1-4-7-8-12(5-2)11-13(6-3)9-10-14(15)16/h2-3,12-14H,4,7-11H2,1H3. The second-order valence-corrected chi connectivity index (χ2v) is 5.35. The molecule has 0 heterocycles. The summed E-state index contributed by atoms with van der Waals surface area (Å²) in [4.78, 5) is -0.323. The van der Waals surface area contributed by atoms with E-state index in [4.69, 9.17) is 36.0 Å². The number of terminal acetylenes is 2. The number of rotatable bonds is 8. The molecule has 2 unspecified atom stereocenters. The number of unbranched alkanes of at least 4 members (excludes halogenated alkanes) is 1. The second kappa shape index (κ2) is 9.89. The van der Waals surface area contributed by atoms with E-state index < -0.39 is 0 Å². The third-order valence-corrected chi connectivity index (χ3v) is 3.12. The van der Waals surface area contributed by atoms with Gasteiger partial charge >= 0.3 is 0 Å². The van der Waals surface area contributed by atoms with Gasteiger partial charge in [-0.1, -0.05) is 19.8 Å². The van der Waals surface area contributed by atoms with Gasteiger partial charge in [-0.15, -0.1) is 47.9 Å². The lowest BCUT2D eigenvalue weighted by Crippen LogP contribution is -2.07. The molecule has 0 N–H and O–H groups in total. The van der Waals surface area contributed by atoms with E-state index in [1.807, 2.05) is 0 Å². The van der Waals surface area contributed by atoms with Crippen molar-refractivity contribution in [2.75, 3.05) is 0 Å². The molecule has 2 atom stereocenters. The molecule has 90 valence electrons. The van der Waals surface area contributed by atoms with Gasteiger partial charge in [0, 0.05) is 11.8 Å². The fourth-order valence-electron chi connectivity index (χ4n) is 1.66. The minimum absolute atomic E-state index is 0.206. The Morgan fingerprint density at radius 2 is 1.56 bits per heavy atom. The minimum Gasteiger partial charge on any atom is -0.120 e. The Bertz CT molecular complexity index is 244. The zero-order valence-corrected chi connectivity index (χ0v) is 11.4. The summed E-state index contributed by atoms with van der Waals surface area (Å²) in [6.45, 7) is 2.16. The number of hydrogen-bond donors (Lipinski definition) is 0. The molecule has 0 amide bonds. The zero-order valence-electron chi connectivity index (χ0n) is 9.89. The van der Waals surface area contributed by atoms with Crippen LogP contribution in [0.4, 0.5) is 0 Å². The van der Waals surface area contributed by atoms with E-state index in [1.54, 1.807) is 0 Å². The largest absolute Gasteiger partial charge is 0.120 e. The summed E-state index contributed by atoms with van der Waals surface area (Å²) in [6, 6.07) is 0. The van der Waals surface area contributed by atoms with Crippen LogP contribution in [-0.2, 0) is 0 Å². The Labute approximate surface area is 110 Å². The van der Waals surface area contributed by atoms with Crippen molar-refractivity contribution in [2.45, 2.75) is 50.3 Å². The van der Waals surface area contributed by atoms with Gasteiger partial charge in [-0.3, -0.25) is 0 Å². The average Bonchev–Trinajstić information content (AvgIpc) is 2.28. The van der Waals surface area contributed by atoms with Gasteiger partial charge in [0.1, 0.15) is 4.84 Å². The van der Waals surface area contributed by atoms with Crippen molar-refractivity contribution >= 4 is 23.2 Å². The van der Waals surface area contributed by atoms with Gasteiger partial charge < -0.3 is 0 Å². The van der Waals surface area contributed by atoms with E-state index in [1.165, 1.54) is 12.8 Å². The Morgan fingerprint density at radius 1 is 1.00 bits per heavy atom. The molecule has 0 saturated heterocycles. The molecule has 2 heteroatoms. The normalized spacial score (nSPS) is 14.1. The van der Waals surface area contributed by atoms with E-state index in [0.29, 0.717) is 5.92 Å². The lowest BCUT2D eigenvalue weighted by Gasteiger charge is -2.15. The van der Waals surface area contributed by atoms with E-state index >= 15 is 0 Å². The molecule has 0 aliphatic heterocycles. The van der Waals surface area contributed by atoms with Crippen LogP contribution in [0.15, 0.2) is 0 Å². The van der Waals surface area contributed by atoms with Crippen LogP contribution < -0.4 is 0 Å². The predicted molar refractivity (Wildman–Crippen MR) is 73.5 cm³/mol. The topological polar surface area (TPSA) is 0 Å². The molecular formula is C14H20Cl2. The molecule has 0 bridgehead atoms. The highest BCUT2D eigenvalue weighted by atomic mass is 35.5. The number of alkyl halides is 2. The van der Waals surface area contributed by atoms with Crippen LogP contribution in [0, 0.1) is 36.5 Å². The molecule has 0 rings (SSSR count). The minimum atomic E-state index is -0.323. The molecule has 0 aliphatic rings. The summed E-state index contributed by atoms with van der Waals surface area (Å²) in [5.41, 5.74) is 0. The fraction of sp³-hybridized carbons (Fsp3) is 0.714. The molecule has 0 nitrogen and oxygen atoms in total. The summed E-state index contributed by atoms with van der Waals surface area (Å²) in [5, 5.41) is 0. The Kier molecular flexibility index (Phi) is 9.71. The van der Waals surface area contributed by atoms with Gasteiger partial charge in [0.25, 0.3) is 0 Å². The fourth-order valence-corrected chi connectivity index (χ4v) is 1.91. The van der Waals surface area contributed by atoms with E-state index in [9.17, 15) is 0 Å². The van der Waals surface area contributed by atoms with Gasteiger partial charge in [0.2, 0.25) is 0 Å². The summed E-state index contributed by atoms with van der Waals surface area (Å²) in [6.07, 6.45) is 16.9. The maximum atomic E-state index is 5.69. The van der Waals surface area contributed by atoms with Gasteiger partial charge in [0.15, 0.2) is 0 Å². The van der Waals surface area contributed by atoms with Crippen molar-refractivity contribution in [2.24, 2.45) is 11.8 Å². The van der Waals surface area contributed by atoms with Crippen LogP contribution >= 0.6 is 23.2 Å². The second-order valence-electron chi connectivity index (χ2n) is 4.07. The average molecular weight is 259 g/mol. The van der Waals surface area contributed by atoms with Crippen LogP contribution in [0.5, 0.6) is 0 Å². The van der Waals surface area contributed by atoms with Crippen molar-refractivity contribution in [3.63, 3.8) is 0 Å².